The van der Waals surface area contributed by atoms with Gasteiger partial charge < -0.3 is 9.30 Å². The van der Waals surface area contributed by atoms with Gasteiger partial charge in [-0.15, -0.1) is 0 Å². The van der Waals surface area contributed by atoms with E-state index >= 15 is 0 Å². The summed E-state index contributed by atoms with van der Waals surface area (Å²) in [5.74, 6) is 1.42. The van der Waals surface area contributed by atoms with Crippen molar-refractivity contribution in [2.45, 2.75) is 31.8 Å². The maximum atomic E-state index is 5.82. The zero-order chi connectivity index (χ0) is 18.3. The van der Waals surface area contributed by atoms with Crippen LogP contribution in [0.4, 0.5) is 0 Å². The van der Waals surface area contributed by atoms with E-state index in [1.165, 1.54) is 18.4 Å². The minimum Gasteiger partial charge on any atom is -0.492 e. The van der Waals surface area contributed by atoms with E-state index in [9.17, 15) is 0 Å². The van der Waals surface area contributed by atoms with Crippen LogP contribution in [0.15, 0.2) is 61.6 Å². The lowest BCUT2D eigenvalue weighted by Crippen LogP contribution is -2.34. The third kappa shape index (κ3) is 4.92. The number of nitrogens with zero attached hydrogens (tertiary/aromatic N) is 5. The first-order valence-electron chi connectivity index (χ1n) is 9.52. The topological polar surface area (TPSA) is 56.1 Å². The Morgan fingerprint density at radius 1 is 1.07 bits per heavy atom. The number of imidazole rings is 1. The van der Waals surface area contributed by atoms with Crippen molar-refractivity contribution in [2.24, 2.45) is 0 Å². The van der Waals surface area contributed by atoms with Gasteiger partial charge in [-0.2, -0.15) is 0 Å². The van der Waals surface area contributed by atoms with Crippen molar-refractivity contribution < 1.29 is 4.74 Å². The number of hydrogen-bond acceptors (Lipinski definition) is 5. The fourth-order valence-electron chi connectivity index (χ4n) is 3.62. The van der Waals surface area contributed by atoms with Crippen LogP contribution in [0.3, 0.4) is 0 Å². The number of likely N-dealkylation sites (tertiary alicyclic amines) is 1. The van der Waals surface area contributed by atoms with Gasteiger partial charge in [0, 0.05) is 43.3 Å². The Hall–Kier alpha value is -2.73. The van der Waals surface area contributed by atoms with Gasteiger partial charge in [0.25, 0.3) is 0 Å². The van der Waals surface area contributed by atoms with Gasteiger partial charge in [0.2, 0.25) is 0 Å². The molecule has 0 N–H and O–H groups in total. The molecule has 0 amide bonds. The van der Waals surface area contributed by atoms with E-state index in [2.05, 4.69) is 44.1 Å². The summed E-state index contributed by atoms with van der Waals surface area (Å²) in [6.45, 7) is 4.62. The standard InChI is InChI=1S/C21H25N5O/c1-2-19(21-7-8-22-16-24-21)15-26(10-1)14-18-3-5-20(6-4-18)27-13-12-25-11-9-23-17-25/h3-9,11,16-17,19H,1-2,10,12-15H2. The summed E-state index contributed by atoms with van der Waals surface area (Å²) in [6, 6.07) is 10.5. The van der Waals surface area contributed by atoms with Crippen LogP contribution in [0.5, 0.6) is 5.75 Å². The molecule has 140 valence electrons. The first kappa shape index (κ1) is 17.7. The van der Waals surface area contributed by atoms with Crippen LogP contribution in [0.25, 0.3) is 0 Å². The van der Waals surface area contributed by atoms with E-state index in [0.717, 1.165) is 37.6 Å². The molecule has 0 spiro atoms. The summed E-state index contributed by atoms with van der Waals surface area (Å²) < 4.78 is 7.84. The van der Waals surface area contributed by atoms with Gasteiger partial charge in [-0.3, -0.25) is 4.90 Å². The average Bonchev–Trinajstić information content (AvgIpc) is 3.24. The predicted molar refractivity (Wildman–Crippen MR) is 103 cm³/mol. The molecule has 0 radical (unpaired) electrons. The molecule has 6 heteroatoms. The molecule has 6 nitrogen and oxygen atoms in total. The zero-order valence-electron chi connectivity index (χ0n) is 15.4. The summed E-state index contributed by atoms with van der Waals surface area (Å²) in [5.41, 5.74) is 2.48. The van der Waals surface area contributed by atoms with E-state index in [-0.39, 0.29) is 0 Å². The molecule has 0 aliphatic carbocycles. The first-order valence-corrected chi connectivity index (χ1v) is 9.52. The second kappa shape index (κ2) is 8.77. The number of aromatic nitrogens is 4. The highest BCUT2D eigenvalue weighted by Gasteiger charge is 2.22. The minimum atomic E-state index is 0.507. The average molecular weight is 363 g/mol. The van der Waals surface area contributed by atoms with E-state index in [1.807, 2.05) is 23.0 Å². The van der Waals surface area contributed by atoms with Crippen LogP contribution in [-0.4, -0.2) is 44.1 Å². The summed E-state index contributed by atoms with van der Waals surface area (Å²) in [7, 11) is 0. The van der Waals surface area contributed by atoms with Crippen LogP contribution in [0.1, 0.15) is 30.0 Å². The molecule has 3 aromatic rings. The van der Waals surface area contributed by atoms with Crippen molar-refractivity contribution in [3.05, 3.63) is 72.8 Å². The van der Waals surface area contributed by atoms with Gasteiger partial charge in [-0.05, 0) is 43.1 Å². The van der Waals surface area contributed by atoms with Crippen molar-refractivity contribution >= 4 is 0 Å². The SMILES string of the molecule is c1cc(C2CCCN(Cc3ccc(OCCn4ccnc4)cc3)C2)ncn1. The Bertz CT molecular complexity index is 804. The molecule has 1 saturated heterocycles. The van der Waals surface area contributed by atoms with E-state index in [1.54, 1.807) is 18.9 Å². The van der Waals surface area contributed by atoms with Gasteiger partial charge in [-0.25, -0.2) is 15.0 Å². The minimum absolute atomic E-state index is 0.507. The number of ether oxygens (including phenoxy) is 1. The highest BCUT2D eigenvalue weighted by molar-refractivity contribution is 5.27. The lowest BCUT2D eigenvalue weighted by Gasteiger charge is -2.32. The highest BCUT2D eigenvalue weighted by Crippen LogP contribution is 2.26. The number of piperidine rings is 1. The fraction of sp³-hybridized carbons (Fsp3) is 0.381. The summed E-state index contributed by atoms with van der Waals surface area (Å²) in [5, 5.41) is 0. The molecule has 1 aliphatic rings. The molecule has 1 atom stereocenters. The van der Waals surface area contributed by atoms with Gasteiger partial charge in [0.1, 0.15) is 18.7 Å². The van der Waals surface area contributed by atoms with E-state index in [4.69, 9.17) is 4.74 Å². The number of benzene rings is 1. The largest absolute Gasteiger partial charge is 0.492 e. The van der Waals surface area contributed by atoms with Crippen LogP contribution in [0.2, 0.25) is 0 Å². The van der Waals surface area contributed by atoms with Crippen LogP contribution < -0.4 is 4.74 Å². The molecule has 1 aromatic carbocycles. The van der Waals surface area contributed by atoms with Gasteiger partial charge in [0.05, 0.1) is 12.9 Å². The molecule has 1 aliphatic heterocycles. The molecule has 1 fully saturated rings. The third-order valence-electron chi connectivity index (χ3n) is 5.04. The lowest BCUT2D eigenvalue weighted by atomic mass is 9.94. The third-order valence-corrected chi connectivity index (χ3v) is 5.04. The molecule has 1 unspecified atom stereocenters. The molecule has 0 bridgehead atoms. The second-order valence-corrected chi connectivity index (χ2v) is 7.00. The van der Waals surface area contributed by atoms with Crippen LogP contribution in [0, 0.1) is 0 Å². The van der Waals surface area contributed by atoms with Crippen molar-refractivity contribution in [2.75, 3.05) is 19.7 Å². The Morgan fingerprint density at radius 3 is 2.78 bits per heavy atom. The Morgan fingerprint density at radius 2 is 2.00 bits per heavy atom. The summed E-state index contributed by atoms with van der Waals surface area (Å²) in [6.07, 6.45) is 11.4. The number of rotatable bonds is 7. The summed E-state index contributed by atoms with van der Waals surface area (Å²) >= 11 is 0. The maximum absolute atomic E-state index is 5.82. The Kier molecular flexibility index (Phi) is 5.74. The van der Waals surface area contributed by atoms with Crippen LogP contribution >= 0.6 is 0 Å². The number of hydrogen-bond donors (Lipinski definition) is 0. The van der Waals surface area contributed by atoms with E-state index < -0.39 is 0 Å². The molecule has 4 rings (SSSR count). The monoisotopic (exact) mass is 363 g/mol. The molecule has 2 aromatic heterocycles. The normalized spacial score (nSPS) is 17.7. The first-order chi connectivity index (χ1) is 13.4. The Balaban J connectivity index is 1.27. The molecule has 3 heterocycles. The smallest absolute Gasteiger partial charge is 0.119 e. The summed E-state index contributed by atoms with van der Waals surface area (Å²) in [4.78, 5) is 15.0. The van der Waals surface area contributed by atoms with Gasteiger partial charge in [-0.1, -0.05) is 12.1 Å². The van der Waals surface area contributed by atoms with Crippen molar-refractivity contribution in [3.8, 4) is 5.75 Å². The zero-order valence-corrected chi connectivity index (χ0v) is 15.4. The second-order valence-electron chi connectivity index (χ2n) is 7.00. The quantitative estimate of drug-likeness (QED) is 0.645. The molecular weight excluding hydrogens is 338 g/mol. The lowest BCUT2D eigenvalue weighted by molar-refractivity contribution is 0.198. The molecule has 0 saturated carbocycles. The predicted octanol–water partition coefficient (Wildman–Crippen LogP) is 3.13. The molecular formula is C21H25N5O. The maximum Gasteiger partial charge on any atom is 0.119 e. The van der Waals surface area contributed by atoms with Crippen molar-refractivity contribution in [1.29, 1.82) is 0 Å². The van der Waals surface area contributed by atoms with Crippen LogP contribution in [-0.2, 0) is 13.1 Å². The van der Waals surface area contributed by atoms with Gasteiger partial charge >= 0.3 is 0 Å². The Labute approximate surface area is 159 Å². The van der Waals surface area contributed by atoms with Crippen molar-refractivity contribution in [3.63, 3.8) is 0 Å². The molecule has 27 heavy (non-hydrogen) atoms. The van der Waals surface area contributed by atoms with Crippen molar-refractivity contribution in [1.82, 2.24) is 24.4 Å². The van der Waals surface area contributed by atoms with Gasteiger partial charge in [0.15, 0.2) is 0 Å². The fourth-order valence-corrected chi connectivity index (χ4v) is 3.62. The highest BCUT2D eigenvalue weighted by atomic mass is 16.5. The van der Waals surface area contributed by atoms with E-state index in [0.29, 0.717) is 12.5 Å².